The summed E-state index contributed by atoms with van der Waals surface area (Å²) in [7, 11) is 1.54. The van der Waals surface area contributed by atoms with Crippen LogP contribution in [-0.4, -0.2) is 22.3 Å². The quantitative estimate of drug-likeness (QED) is 0.785. The van der Waals surface area contributed by atoms with Crippen LogP contribution in [0.4, 0.5) is 0 Å². The molecule has 2 aromatic rings. The van der Waals surface area contributed by atoms with Gasteiger partial charge in [-0.1, -0.05) is 0 Å². The smallest absolute Gasteiger partial charge is 0.264 e. The minimum Gasteiger partial charge on any atom is -0.481 e. The van der Waals surface area contributed by atoms with Crippen molar-refractivity contribution in [1.29, 1.82) is 0 Å². The Bertz CT molecular complexity index is 522. The molecule has 2 heterocycles. The maximum Gasteiger partial charge on any atom is 0.264 e. The Morgan fingerprint density at radius 2 is 2.20 bits per heavy atom. The van der Waals surface area contributed by atoms with Crippen LogP contribution < -0.4 is 10.3 Å². The molecule has 0 fully saturated rings. The lowest BCUT2D eigenvalue weighted by Crippen LogP contribution is -2.05. The minimum atomic E-state index is -0.233. The first-order chi connectivity index (χ1) is 7.29. The van der Waals surface area contributed by atoms with E-state index in [9.17, 15) is 4.79 Å². The third-order valence-corrected chi connectivity index (χ3v) is 1.94. The van der Waals surface area contributed by atoms with E-state index in [1.165, 1.54) is 6.07 Å². The Hall–Kier alpha value is -2.17. The summed E-state index contributed by atoms with van der Waals surface area (Å²) in [4.78, 5) is 15.0. The molecule has 5 nitrogen and oxygen atoms in total. The van der Waals surface area contributed by atoms with Gasteiger partial charge in [0.25, 0.3) is 5.56 Å². The van der Waals surface area contributed by atoms with Gasteiger partial charge in [0.1, 0.15) is 0 Å². The lowest BCUT2D eigenvalue weighted by atomic mass is 10.1. The fraction of sp³-hybridized carbons (Fsp3) is 0.100. The second-order valence-electron chi connectivity index (χ2n) is 2.92. The summed E-state index contributed by atoms with van der Waals surface area (Å²) >= 11 is 0. The maximum absolute atomic E-state index is 11.1. The number of rotatable bonds is 2. The molecule has 0 saturated carbocycles. The van der Waals surface area contributed by atoms with Gasteiger partial charge in [0.2, 0.25) is 5.88 Å². The number of hydrogen-bond acceptors (Lipinski definition) is 4. The molecular formula is C10H9N3O2. The molecule has 15 heavy (non-hydrogen) atoms. The molecule has 0 radical (unpaired) electrons. The molecule has 0 aromatic carbocycles. The summed E-state index contributed by atoms with van der Waals surface area (Å²) in [5.41, 5.74) is 1.35. The van der Waals surface area contributed by atoms with E-state index in [-0.39, 0.29) is 5.56 Å². The standard InChI is InChI=1S/C10H9N3O2/c1-15-10-5-7(2-3-11-10)8-4-9(14)13-12-6-8/h2-6H,1H3,(H,13,14). The first-order valence-electron chi connectivity index (χ1n) is 4.35. The third kappa shape index (κ3) is 2.01. The van der Waals surface area contributed by atoms with Crippen LogP contribution in [0.25, 0.3) is 11.1 Å². The van der Waals surface area contributed by atoms with E-state index in [4.69, 9.17) is 4.74 Å². The van der Waals surface area contributed by atoms with E-state index in [1.807, 2.05) is 0 Å². The molecule has 0 aliphatic heterocycles. The molecule has 0 bridgehead atoms. The van der Waals surface area contributed by atoms with E-state index in [2.05, 4.69) is 15.2 Å². The summed E-state index contributed by atoms with van der Waals surface area (Å²) in [6.45, 7) is 0. The van der Waals surface area contributed by atoms with Gasteiger partial charge in [0.15, 0.2) is 0 Å². The number of ether oxygens (including phenoxy) is 1. The lowest BCUT2D eigenvalue weighted by Gasteiger charge is -2.02. The molecule has 0 amide bonds. The number of methoxy groups -OCH3 is 1. The van der Waals surface area contributed by atoms with E-state index in [0.717, 1.165) is 11.1 Å². The second-order valence-corrected chi connectivity index (χ2v) is 2.92. The number of H-pyrrole nitrogens is 1. The topological polar surface area (TPSA) is 67.9 Å². The highest BCUT2D eigenvalue weighted by Crippen LogP contribution is 2.19. The van der Waals surface area contributed by atoms with Crippen molar-refractivity contribution in [1.82, 2.24) is 15.2 Å². The van der Waals surface area contributed by atoms with Crippen molar-refractivity contribution in [3.63, 3.8) is 0 Å². The van der Waals surface area contributed by atoms with Crippen molar-refractivity contribution in [3.8, 4) is 17.0 Å². The van der Waals surface area contributed by atoms with Crippen molar-refractivity contribution in [2.75, 3.05) is 7.11 Å². The van der Waals surface area contributed by atoms with Gasteiger partial charge >= 0.3 is 0 Å². The van der Waals surface area contributed by atoms with E-state index < -0.39 is 0 Å². The van der Waals surface area contributed by atoms with Crippen molar-refractivity contribution in [2.45, 2.75) is 0 Å². The van der Waals surface area contributed by atoms with Crippen molar-refractivity contribution >= 4 is 0 Å². The molecule has 2 rings (SSSR count). The van der Waals surface area contributed by atoms with Crippen molar-refractivity contribution in [2.24, 2.45) is 0 Å². The van der Waals surface area contributed by atoms with Crippen LogP contribution in [0.5, 0.6) is 5.88 Å². The highest BCUT2D eigenvalue weighted by Gasteiger charge is 2.01. The van der Waals surface area contributed by atoms with Gasteiger partial charge in [-0.25, -0.2) is 10.1 Å². The SMILES string of the molecule is COc1cc(-c2cn[nH]c(=O)c2)ccn1. The van der Waals surface area contributed by atoms with Gasteiger partial charge in [-0.3, -0.25) is 4.79 Å². The summed E-state index contributed by atoms with van der Waals surface area (Å²) in [5.74, 6) is 0.507. The zero-order chi connectivity index (χ0) is 10.7. The molecule has 0 unspecified atom stereocenters. The average molecular weight is 203 g/mol. The van der Waals surface area contributed by atoms with Gasteiger partial charge in [0, 0.05) is 23.9 Å². The predicted octanol–water partition coefficient (Wildman–Crippen LogP) is 0.840. The third-order valence-electron chi connectivity index (χ3n) is 1.94. The van der Waals surface area contributed by atoms with Crippen molar-refractivity contribution in [3.05, 3.63) is 40.9 Å². The number of hydrogen-bond donors (Lipinski definition) is 1. The summed E-state index contributed by atoms with van der Waals surface area (Å²) < 4.78 is 4.99. The number of aromatic nitrogens is 3. The molecule has 0 atom stereocenters. The molecule has 1 N–H and O–H groups in total. The minimum absolute atomic E-state index is 0.233. The predicted molar refractivity (Wildman–Crippen MR) is 54.6 cm³/mol. The van der Waals surface area contributed by atoms with E-state index in [1.54, 1.807) is 31.6 Å². The van der Waals surface area contributed by atoms with Gasteiger partial charge in [-0.2, -0.15) is 5.10 Å². The van der Waals surface area contributed by atoms with Gasteiger partial charge in [-0.15, -0.1) is 0 Å². The fourth-order valence-corrected chi connectivity index (χ4v) is 1.23. The Balaban J connectivity index is 2.49. The number of aromatic amines is 1. The molecule has 76 valence electrons. The van der Waals surface area contributed by atoms with Gasteiger partial charge in [-0.05, 0) is 11.6 Å². The van der Waals surface area contributed by atoms with Crippen LogP contribution in [0.1, 0.15) is 0 Å². The number of pyridine rings is 1. The average Bonchev–Trinajstić information content (AvgIpc) is 2.29. The van der Waals surface area contributed by atoms with Crippen LogP contribution >= 0.6 is 0 Å². The monoisotopic (exact) mass is 203 g/mol. The molecule has 5 heteroatoms. The first-order valence-corrected chi connectivity index (χ1v) is 4.35. The molecule has 0 aliphatic rings. The Morgan fingerprint density at radius 1 is 1.33 bits per heavy atom. The molecule has 0 aliphatic carbocycles. The number of nitrogens with one attached hydrogen (secondary N) is 1. The summed E-state index contributed by atoms with van der Waals surface area (Å²) in [6, 6.07) is 5.01. The van der Waals surface area contributed by atoms with Crippen LogP contribution in [0.15, 0.2) is 35.4 Å². The summed E-state index contributed by atoms with van der Waals surface area (Å²) in [6.07, 6.45) is 3.20. The zero-order valence-electron chi connectivity index (χ0n) is 8.10. The van der Waals surface area contributed by atoms with Crippen molar-refractivity contribution < 1.29 is 4.74 Å². The zero-order valence-corrected chi connectivity index (χ0v) is 8.10. The molecule has 2 aromatic heterocycles. The maximum atomic E-state index is 11.1. The highest BCUT2D eigenvalue weighted by molar-refractivity contribution is 5.62. The van der Waals surface area contributed by atoms with Crippen LogP contribution in [0.2, 0.25) is 0 Å². The molecular weight excluding hydrogens is 194 g/mol. The van der Waals surface area contributed by atoms with Gasteiger partial charge < -0.3 is 4.74 Å². The van der Waals surface area contributed by atoms with E-state index in [0.29, 0.717) is 5.88 Å². The highest BCUT2D eigenvalue weighted by atomic mass is 16.5. The van der Waals surface area contributed by atoms with Gasteiger partial charge in [0.05, 0.1) is 13.3 Å². The molecule has 0 spiro atoms. The summed E-state index contributed by atoms with van der Waals surface area (Å²) in [5, 5.41) is 6.03. The van der Waals surface area contributed by atoms with Crippen LogP contribution in [-0.2, 0) is 0 Å². The first kappa shape index (κ1) is 9.39. The Labute approximate surface area is 85.8 Å². The number of nitrogens with zero attached hydrogens (tertiary/aromatic N) is 2. The van der Waals surface area contributed by atoms with E-state index >= 15 is 0 Å². The van der Waals surface area contributed by atoms with Crippen LogP contribution in [0.3, 0.4) is 0 Å². The normalized spacial score (nSPS) is 9.93. The second kappa shape index (κ2) is 3.91. The Kier molecular flexibility index (Phi) is 2.45. The van der Waals surface area contributed by atoms with Crippen LogP contribution in [0, 0.1) is 0 Å². The lowest BCUT2D eigenvalue weighted by molar-refractivity contribution is 0.398. The largest absolute Gasteiger partial charge is 0.481 e. The fourth-order valence-electron chi connectivity index (χ4n) is 1.23. The molecule has 0 saturated heterocycles. The Morgan fingerprint density at radius 3 is 2.93 bits per heavy atom.